The summed E-state index contributed by atoms with van der Waals surface area (Å²) in [5.74, 6) is -3.15. The molecule has 5 rings (SSSR count). The van der Waals surface area contributed by atoms with Crippen molar-refractivity contribution in [3.8, 4) is 16.9 Å². The lowest BCUT2D eigenvalue weighted by Gasteiger charge is -2.21. The highest BCUT2D eigenvalue weighted by Crippen LogP contribution is 2.30. The highest BCUT2D eigenvalue weighted by atomic mass is 19.2. The van der Waals surface area contributed by atoms with Crippen LogP contribution in [0.2, 0.25) is 0 Å². The largest absolute Gasteiger partial charge is 0.481 e. The Morgan fingerprint density at radius 2 is 1.86 bits per heavy atom. The van der Waals surface area contributed by atoms with E-state index in [-0.39, 0.29) is 30.7 Å². The Balaban J connectivity index is 1.38. The fraction of sp³-hybridized carbons (Fsp3) is 0.355. The molecule has 9 nitrogen and oxygen atoms in total. The van der Waals surface area contributed by atoms with Crippen LogP contribution in [0, 0.1) is 18.6 Å². The van der Waals surface area contributed by atoms with Crippen LogP contribution in [-0.2, 0) is 23.1 Å². The van der Waals surface area contributed by atoms with Crippen LogP contribution in [-0.4, -0.2) is 67.1 Å². The van der Waals surface area contributed by atoms with Crippen LogP contribution in [0.5, 0.6) is 0 Å². The molecule has 2 N–H and O–H groups in total. The zero-order chi connectivity index (χ0) is 29.8. The molecule has 2 aromatic carbocycles. The van der Waals surface area contributed by atoms with Crippen molar-refractivity contribution >= 4 is 11.9 Å². The van der Waals surface area contributed by atoms with E-state index < -0.39 is 17.6 Å². The van der Waals surface area contributed by atoms with E-state index in [0.717, 1.165) is 34.3 Å². The van der Waals surface area contributed by atoms with Crippen LogP contribution in [0.15, 0.2) is 60.9 Å². The fourth-order valence-electron chi connectivity index (χ4n) is 5.66. The first-order valence-corrected chi connectivity index (χ1v) is 14.0. The topological polar surface area (TPSA) is 105 Å². The van der Waals surface area contributed by atoms with Crippen molar-refractivity contribution in [1.82, 2.24) is 29.8 Å². The number of carboxylic acids is 1. The molecular formula is C31H34F2N6O3. The standard InChI is InChI=1S/C31H34F2N6O3/c1-20-28(39(23-8-4-3-5-9-23)36-31(20)22-16-34-37(2)17-22)15-29(40)35-27-19-38(13-7-6-10-30(41)42)18-24(27)21-11-12-25(32)26(33)14-21/h3-5,8-9,11-12,14,16-17,24,27H,6-7,10,13,15,18-19H2,1-2H3,(H,35,40)(H,41,42)/t24-,27+/m0/s1. The summed E-state index contributed by atoms with van der Waals surface area (Å²) in [4.78, 5) is 26.6. The molecule has 0 radical (unpaired) electrons. The van der Waals surface area contributed by atoms with Crippen molar-refractivity contribution in [1.29, 1.82) is 0 Å². The Kier molecular flexibility index (Phi) is 8.77. The minimum Gasteiger partial charge on any atom is -0.481 e. The molecule has 0 aliphatic carbocycles. The van der Waals surface area contributed by atoms with Gasteiger partial charge in [-0.25, -0.2) is 13.5 Å². The predicted molar refractivity (Wildman–Crippen MR) is 153 cm³/mol. The third-order valence-corrected chi connectivity index (χ3v) is 7.78. The Morgan fingerprint density at radius 1 is 1.07 bits per heavy atom. The Bertz CT molecular complexity index is 1570. The number of nitrogens with one attached hydrogen (secondary N) is 1. The number of aromatic nitrogens is 4. The van der Waals surface area contributed by atoms with Crippen LogP contribution in [0.4, 0.5) is 8.78 Å². The van der Waals surface area contributed by atoms with Gasteiger partial charge in [0.1, 0.15) is 0 Å². The van der Waals surface area contributed by atoms with E-state index in [4.69, 9.17) is 10.2 Å². The number of rotatable bonds is 11. The average molecular weight is 577 g/mol. The summed E-state index contributed by atoms with van der Waals surface area (Å²) in [6.07, 6.45) is 5.00. The minimum atomic E-state index is -0.928. The molecule has 1 saturated heterocycles. The van der Waals surface area contributed by atoms with E-state index in [1.165, 1.54) is 6.07 Å². The highest BCUT2D eigenvalue weighted by Gasteiger charge is 2.35. The zero-order valence-electron chi connectivity index (χ0n) is 23.6. The molecule has 2 atom stereocenters. The SMILES string of the molecule is Cc1c(-c2cnn(C)c2)nn(-c2ccccc2)c1CC(=O)N[C@@H]1CN(CCCCC(=O)O)C[C@H]1c1ccc(F)c(F)c1. The first-order chi connectivity index (χ1) is 20.2. The minimum absolute atomic E-state index is 0.0631. The van der Waals surface area contributed by atoms with Gasteiger partial charge in [-0.15, -0.1) is 0 Å². The Labute approximate surface area is 242 Å². The summed E-state index contributed by atoms with van der Waals surface area (Å²) in [6, 6.07) is 13.1. The molecule has 4 aromatic rings. The van der Waals surface area contributed by atoms with Gasteiger partial charge in [0.2, 0.25) is 5.91 Å². The molecule has 0 saturated carbocycles. The van der Waals surface area contributed by atoms with Gasteiger partial charge in [-0.3, -0.25) is 14.3 Å². The maximum absolute atomic E-state index is 14.2. The number of hydrogen-bond donors (Lipinski definition) is 2. The monoisotopic (exact) mass is 576 g/mol. The van der Waals surface area contributed by atoms with Gasteiger partial charge in [-0.1, -0.05) is 24.3 Å². The molecule has 1 aliphatic rings. The molecule has 0 spiro atoms. The number of likely N-dealkylation sites (tertiary alicyclic amines) is 1. The van der Waals surface area contributed by atoms with E-state index in [1.807, 2.05) is 50.5 Å². The summed E-state index contributed by atoms with van der Waals surface area (Å²) in [5, 5.41) is 21.2. The summed E-state index contributed by atoms with van der Waals surface area (Å²) in [7, 11) is 1.84. The van der Waals surface area contributed by atoms with Crippen LogP contribution in [0.3, 0.4) is 0 Å². The van der Waals surface area contributed by atoms with E-state index in [9.17, 15) is 18.4 Å². The van der Waals surface area contributed by atoms with E-state index >= 15 is 0 Å². The number of carbonyl (C=O) groups is 2. The molecule has 2 aromatic heterocycles. The average Bonchev–Trinajstić information content (AvgIpc) is 3.66. The maximum atomic E-state index is 14.2. The third kappa shape index (κ3) is 6.57. The number of halogens is 2. The van der Waals surface area contributed by atoms with E-state index in [0.29, 0.717) is 38.0 Å². The number of aliphatic carboxylic acids is 1. The smallest absolute Gasteiger partial charge is 0.303 e. The number of carboxylic acid groups (broad SMARTS) is 1. The molecule has 3 heterocycles. The molecule has 220 valence electrons. The number of para-hydroxylation sites is 1. The summed E-state index contributed by atoms with van der Waals surface area (Å²) < 4.78 is 31.4. The highest BCUT2D eigenvalue weighted by molar-refractivity contribution is 5.80. The van der Waals surface area contributed by atoms with Crippen molar-refractivity contribution < 1.29 is 23.5 Å². The van der Waals surface area contributed by atoms with Crippen molar-refractivity contribution in [2.24, 2.45) is 7.05 Å². The number of benzene rings is 2. The molecule has 11 heteroatoms. The number of hydrogen-bond acceptors (Lipinski definition) is 5. The first kappa shape index (κ1) is 29.1. The van der Waals surface area contributed by atoms with Gasteiger partial charge < -0.3 is 15.3 Å². The van der Waals surface area contributed by atoms with Crippen molar-refractivity contribution in [3.05, 3.63) is 89.4 Å². The Morgan fingerprint density at radius 3 is 2.55 bits per heavy atom. The van der Waals surface area contributed by atoms with E-state index in [1.54, 1.807) is 21.6 Å². The predicted octanol–water partition coefficient (Wildman–Crippen LogP) is 4.24. The third-order valence-electron chi connectivity index (χ3n) is 7.78. The molecular weight excluding hydrogens is 542 g/mol. The molecule has 0 bridgehead atoms. The molecule has 1 aliphatic heterocycles. The number of nitrogens with zero attached hydrogens (tertiary/aromatic N) is 5. The second kappa shape index (κ2) is 12.6. The van der Waals surface area contributed by atoms with Crippen molar-refractivity contribution in [2.45, 2.75) is 44.6 Å². The molecule has 0 unspecified atom stereocenters. The fourth-order valence-corrected chi connectivity index (χ4v) is 5.66. The van der Waals surface area contributed by atoms with Gasteiger partial charge in [-0.05, 0) is 61.7 Å². The lowest BCUT2D eigenvalue weighted by Crippen LogP contribution is -2.41. The lowest BCUT2D eigenvalue weighted by molar-refractivity contribution is -0.137. The van der Waals surface area contributed by atoms with E-state index in [2.05, 4.69) is 15.3 Å². The van der Waals surface area contributed by atoms with Crippen LogP contribution in [0.1, 0.15) is 42.0 Å². The summed E-state index contributed by atoms with van der Waals surface area (Å²) in [5.41, 5.74) is 4.63. The van der Waals surface area contributed by atoms with Crippen molar-refractivity contribution in [2.75, 3.05) is 19.6 Å². The van der Waals surface area contributed by atoms with Gasteiger partial charge in [0, 0.05) is 50.3 Å². The van der Waals surface area contributed by atoms with Crippen LogP contribution in [0.25, 0.3) is 16.9 Å². The molecule has 42 heavy (non-hydrogen) atoms. The zero-order valence-corrected chi connectivity index (χ0v) is 23.6. The van der Waals surface area contributed by atoms with Crippen molar-refractivity contribution in [3.63, 3.8) is 0 Å². The van der Waals surface area contributed by atoms with Gasteiger partial charge >= 0.3 is 5.97 Å². The number of amides is 1. The van der Waals surface area contributed by atoms with Gasteiger partial charge in [0.25, 0.3) is 0 Å². The van der Waals surface area contributed by atoms with Gasteiger partial charge in [0.15, 0.2) is 11.6 Å². The number of carbonyl (C=O) groups excluding carboxylic acids is 1. The number of aryl methyl sites for hydroxylation is 1. The summed E-state index contributed by atoms with van der Waals surface area (Å²) >= 11 is 0. The Hall–Kier alpha value is -4.38. The first-order valence-electron chi connectivity index (χ1n) is 14.0. The normalized spacial score (nSPS) is 17.0. The summed E-state index contributed by atoms with van der Waals surface area (Å²) in [6.45, 7) is 3.64. The second-order valence-corrected chi connectivity index (χ2v) is 10.8. The van der Waals surface area contributed by atoms with Crippen LogP contribution >= 0.6 is 0 Å². The van der Waals surface area contributed by atoms with Crippen LogP contribution < -0.4 is 5.32 Å². The number of unbranched alkanes of at least 4 members (excludes halogenated alkanes) is 1. The van der Waals surface area contributed by atoms with Gasteiger partial charge in [-0.2, -0.15) is 10.2 Å². The molecule has 1 fully saturated rings. The second-order valence-electron chi connectivity index (χ2n) is 10.8. The quantitative estimate of drug-likeness (QED) is 0.259. The molecule has 1 amide bonds. The lowest BCUT2D eigenvalue weighted by atomic mass is 9.94. The maximum Gasteiger partial charge on any atom is 0.303 e. The van der Waals surface area contributed by atoms with Gasteiger partial charge in [0.05, 0.1) is 29.7 Å².